The van der Waals surface area contributed by atoms with Crippen LogP contribution in [0.5, 0.6) is 0 Å². The number of esters is 1. The summed E-state index contributed by atoms with van der Waals surface area (Å²) in [6, 6.07) is 0. The molecule has 0 aliphatic rings. The minimum Gasteiger partial charge on any atom is -0.465 e. The summed E-state index contributed by atoms with van der Waals surface area (Å²) in [6.07, 6.45) is 1.57. The number of hydrogen-bond acceptors (Lipinski definition) is 6. The quantitative estimate of drug-likeness (QED) is 0.815. The number of nitrogens with two attached hydrogens (primary N) is 1. The molecule has 0 spiro atoms. The van der Waals surface area contributed by atoms with Crippen LogP contribution in [0, 0.1) is 13.8 Å². The Morgan fingerprint density at radius 1 is 1.35 bits per heavy atom. The van der Waals surface area contributed by atoms with Gasteiger partial charge in [-0.3, -0.25) is 14.3 Å². The Labute approximate surface area is 136 Å². The average Bonchev–Trinajstić information content (AvgIpc) is 2.98. The number of anilines is 1. The molecular formula is C14H16N4O4S. The maximum atomic E-state index is 12.4. The lowest BCUT2D eigenvalue weighted by molar-refractivity contribution is 0.0601. The van der Waals surface area contributed by atoms with Gasteiger partial charge in [-0.05, 0) is 19.4 Å². The van der Waals surface area contributed by atoms with Gasteiger partial charge in [-0.2, -0.15) is 5.10 Å². The molecule has 0 saturated carbocycles. The molecule has 2 rings (SSSR count). The molecule has 0 unspecified atom stereocenters. The number of amides is 2. The Hall–Kier alpha value is -2.68. The number of aryl methyl sites for hydroxylation is 2. The number of carbonyl (C=O) groups excluding carboxylic acids is 3. The molecule has 9 heteroatoms. The van der Waals surface area contributed by atoms with Gasteiger partial charge in [-0.25, -0.2) is 4.79 Å². The maximum Gasteiger partial charge on any atom is 0.341 e. The highest BCUT2D eigenvalue weighted by atomic mass is 32.1. The first kappa shape index (κ1) is 16.7. The first-order valence-corrected chi connectivity index (χ1v) is 7.41. The number of rotatable bonds is 4. The maximum absolute atomic E-state index is 12.4. The fourth-order valence-corrected chi connectivity index (χ4v) is 3.22. The summed E-state index contributed by atoms with van der Waals surface area (Å²) < 4.78 is 6.23. The van der Waals surface area contributed by atoms with E-state index in [1.807, 2.05) is 0 Å². The van der Waals surface area contributed by atoms with Crippen LogP contribution in [0.3, 0.4) is 0 Å². The second kappa shape index (κ2) is 6.21. The van der Waals surface area contributed by atoms with Crippen molar-refractivity contribution >= 4 is 34.1 Å². The van der Waals surface area contributed by atoms with E-state index in [-0.39, 0.29) is 15.4 Å². The van der Waals surface area contributed by atoms with E-state index in [1.54, 1.807) is 27.1 Å². The summed E-state index contributed by atoms with van der Waals surface area (Å²) in [5.41, 5.74) is 6.73. The Balaban J connectivity index is 2.44. The van der Waals surface area contributed by atoms with Gasteiger partial charge in [0.05, 0.1) is 28.8 Å². The summed E-state index contributed by atoms with van der Waals surface area (Å²) in [5.74, 6) is -1.75. The van der Waals surface area contributed by atoms with Crippen molar-refractivity contribution in [3.05, 3.63) is 33.5 Å². The molecule has 23 heavy (non-hydrogen) atoms. The summed E-state index contributed by atoms with van der Waals surface area (Å²) in [6.45, 7) is 3.28. The molecule has 122 valence electrons. The van der Waals surface area contributed by atoms with E-state index in [0.717, 1.165) is 11.3 Å². The fourth-order valence-electron chi connectivity index (χ4n) is 2.18. The zero-order valence-electron chi connectivity index (χ0n) is 13.1. The van der Waals surface area contributed by atoms with Gasteiger partial charge in [0.25, 0.3) is 11.8 Å². The topological polar surface area (TPSA) is 116 Å². The number of carbonyl (C=O) groups is 3. The standard InChI is InChI=1S/C14H16N4O4S/c1-6-9(14(21)22-4)13(23-10(6)11(15)19)16-12(20)8-5-18(3)17-7(8)2/h5H,1-4H3,(H2,15,19)(H,16,20). The van der Waals surface area contributed by atoms with Gasteiger partial charge in [-0.15, -0.1) is 11.3 Å². The predicted molar refractivity (Wildman–Crippen MR) is 84.8 cm³/mol. The smallest absolute Gasteiger partial charge is 0.341 e. The minimum atomic E-state index is -0.671. The predicted octanol–water partition coefficient (Wildman–Crippen LogP) is 1.24. The van der Waals surface area contributed by atoms with Crippen molar-refractivity contribution < 1.29 is 19.1 Å². The molecule has 0 fully saturated rings. The third-order valence-corrected chi connectivity index (χ3v) is 4.47. The van der Waals surface area contributed by atoms with Gasteiger partial charge in [0, 0.05) is 13.2 Å². The number of methoxy groups -OCH3 is 1. The van der Waals surface area contributed by atoms with Gasteiger partial charge in [0.1, 0.15) is 5.00 Å². The third kappa shape index (κ3) is 3.09. The van der Waals surface area contributed by atoms with Crippen LogP contribution in [-0.4, -0.2) is 34.7 Å². The Kier molecular flexibility index (Phi) is 4.50. The van der Waals surface area contributed by atoms with E-state index in [4.69, 9.17) is 10.5 Å². The molecule has 2 aromatic heterocycles. The van der Waals surface area contributed by atoms with Crippen LogP contribution in [0.1, 0.15) is 41.6 Å². The van der Waals surface area contributed by atoms with Crippen molar-refractivity contribution in [2.45, 2.75) is 13.8 Å². The summed E-state index contributed by atoms with van der Waals surface area (Å²) >= 11 is 0.939. The normalized spacial score (nSPS) is 10.4. The Morgan fingerprint density at radius 2 is 2.00 bits per heavy atom. The molecule has 2 aromatic rings. The molecule has 3 N–H and O–H groups in total. The molecule has 0 aliphatic carbocycles. The zero-order valence-corrected chi connectivity index (χ0v) is 13.9. The van der Waals surface area contributed by atoms with Crippen molar-refractivity contribution in [3.8, 4) is 0 Å². The molecule has 0 saturated heterocycles. The summed E-state index contributed by atoms with van der Waals surface area (Å²) in [5, 5.41) is 6.94. The SMILES string of the molecule is COC(=O)c1c(NC(=O)c2cn(C)nc2C)sc(C(N)=O)c1C. The molecule has 0 aliphatic heterocycles. The number of nitrogens with one attached hydrogen (secondary N) is 1. The third-order valence-electron chi connectivity index (χ3n) is 3.25. The lowest BCUT2D eigenvalue weighted by Gasteiger charge is -2.05. The average molecular weight is 336 g/mol. The summed E-state index contributed by atoms with van der Waals surface area (Å²) in [4.78, 5) is 36.0. The van der Waals surface area contributed by atoms with Crippen molar-refractivity contribution in [1.29, 1.82) is 0 Å². The van der Waals surface area contributed by atoms with Crippen LogP contribution in [0.25, 0.3) is 0 Å². The van der Waals surface area contributed by atoms with Crippen LogP contribution >= 0.6 is 11.3 Å². The van der Waals surface area contributed by atoms with Gasteiger partial charge >= 0.3 is 5.97 Å². The van der Waals surface area contributed by atoms with Gasteiger partial charge in [-0.1, -0.05) is 0 Å². The van der Waals surface area contributed by atoms with Crippen molar-refractivity contribution in [2.24, 2.45) is 12.8 Å². The highest BCUT2D eigenvalue weighted by Gasteiger charge is 2.26. The number of primary amides is 1. The van der Waals surface area contributed by atoms with E-state index in [0.29, 0.717) is 16.8 Å². The van der Waals surface area contributed by atoms with E-state index in [2.05, 4.69) is 10.4 Å². The number of nitrogens with zero attached hydrogens (tertiary/aromatic N) is 2. The molecular weight excluding hydrogens is 320 g/mol. The van der Waals surface area contributed by atoms with Crippen LogP contribution in [0.4, 0.5) is 5.00 Å². The van der Waals surface area contributed by atoms with Gasteiger partial charge < -0.3 is 15.8 Å². The second-order valence-electron chi connectivity index (χ2n) is 4.87. The van der Waals surface area contributed by atoms with Crippen LogP contribution in [0.2, 0.25) is 0 Å². The van der Waals surface area contributed by atoms with Gasteiger partial charge in [0.2, 0.25) is 0 Å². The first-order valence-electron chi connectivity index (χ1n) is 6.59. The van der Waals surface area contributed by atoms with E-state index in [1.165, 1.54) is 11.8 Å². The molecule has 0 radical (unpaired) electrons. The van der Waals surface area contributed by atoms with Crippen molar-refractivity contribution in [3.63, 3.8) is 0 Å². The number of ether oxygens (including phenoxy) is 1. The Morgan fingerprint density at radius 3 is 2.48 bits per heavy atom. The van der Waals surface area contributed by atoms with E-state index in [9.17, 15) is 14.4 Å². The molecule has 0 bridgehead atoms. The molecule has 0 aromatic carbocycles. The lowest BCUT2D eigenvalue weighted by atomic mass is 10.1. The molecule has 2 heterocycles. The van der Waals surface area contributed by atoms with Gasteiger partial charge in [0.15, 0.2) is 0 Å². The number of aromatic nitrogens is 2. The number of thiophene rings is 1. The highest BCUT2D eigenvalue weighted by Crippen LogP contribution is 2.33. The highest BCUT2D eigenvalue weighted by molar-refractivity contribution is 7.18. The minimum absolute atomic E-state index is 0.126. The largest absolute Gasteiger partial charge is 0.465 e. The van der Waals surface area contributed by atoms with E-state index < -0.39 is 17.8 Å². The first-order chi connectivity index (χ1) is 10.8. The zero-order chi connectivity index (χ0) is 17.3. The molecule has 0 atom stereocenters. The Bertz CT molecular complexity index is 806. The van der Waals surface area contributed by atoms with Crippen molar-refractivity contribution in [2.75, 3.05) is 12.4 Å². The fraction of sp³-hybridized carbons (Fsp3) is 0.286. The lowest BCUT2D eigenvalue weighted by Crippen LogP contribution is -2.14. The van der Waals surface area contributed by atoms with Crippen molar-refractivity contribution in [1.82, 2.24) is 9.78 Å². The van der Waals surface area contributed by atoms with Crippen LogP contribution < -0.4 is 11.1 Å². The number of hydrogen-bond donors (Lipinski definition) is 2. The summed E-state index contributed by atoms with van der Waals surface area (Å²) in [7, 11) is 2.92. The monoisotopic (exact) mass is 336 g/mol. The van der Waals surface area contributed by atoms with E-state index >= 15 is 0 Å². The molecule has 2 amide bonds. The second-order valence-corrected chi connectivity index (χ2v) is 5.89. The van der Waals surface area contributed by atoms with Crippen LogP contribution in [0.15, 0.2) is 6.20 Å². The van der Waals surface area contributed by atoms with Crippen LogP contribution in [-0.2, 0) is 11.8 Å². The molecule has 8 nitrogen and oxygen atoms in total.